The number of fused-ring (bicyclic) bond motifs is 1. The van der Waals surface area contributed by atoms with E-state index in [2.05, 4.69) is 10.9 Å². The van der Waals surface area contributed by atoms with Crippen molar-refractivity contribution in [2.45, 2.75) is 37.2 Å². The molecule has 1 unspecified atom stereocenters. The maximum Gasteiger partial charge on any atom is 0.279 e. The van der Waals surface area contributed by atoms with Crippen molar-refractivity contribution >= 4 is 32.6 Å². The molecule has 0 aromatic heterocycles. The van der Waals surface area contributed by atoms with Gasteiger partial charge in [0.1, 0.15) is 5.75 Å². The molecule has 3 aromatic rings. The Balaban J connectivity index is 1.36. The molecule has 1 aliphatic rings. The van der Waals surface area contributed by atoms with E-state index in [4.69, 9.17) is 4.74 Å². The van der Waals surface area contributed by atoms with Gasteiger partial charge >= 0.3 is 0 Å². The molecule has 1 saturated heterocycles. The molecule has 178 valence electrons. The van der Waals surface area contributed by atoms with Crippen molar-refractivity contribution in [3.8, 4) is 5.75 Å². The maximum atomic E-state index is 12.9. The lowest BCUT2D eigenvalue weighted by Crippen LogP contribution is -2.47. The van der Waals surface area contributed by atoms with Crippen LogP contribution >= 0.6 is 0 Å². The van der Waals surface area contributed by atoms with E-state index in [9.17, 15) is 18.0 Å². The second kappa shape index (κ2) is 10.2. The summed E-state index contributed by atoms with van der Waals surface area (Å²) in [7, 11) is -3.67. The summed E-state index contributed by atoms with van der Waals surface area (Å²) in [6.45, 7) is 2.52. The van der Waals surface area contributed by atoms with Crippen LogP contribution in [0.15, 0.2) is 71.6 Å². The van der Waals surface area contributed by atoms with E-state index >= 15 is 0 Å². The Labute approximate surface area is 198 Å². The normalized spacial score (nSPS) is 15.4. The Morgan fingerprint density at radius 3 is 2.38 bits per heavy atom. The van der Waals surface area contributed by atoms with Crippen LogP contribution in [0, 0.1) is 0 Å². The molecule has 1 aliphatic heterocycles. The van der Waals surface area contributed by atoms with E-state index in [1.165, 1.54) is 28.6 Å². The third-order valence-electron chi connectivity index (χ3n) is 5.75. The fourth-order valence-corrected chi connectivity index (χ4v) is 5.41. The number of benzene rings is 3. The first-order valence-electron chi connectivity index (χ1n) is 11.2. The van der Waals surface area contributed by atoms with Crippen molar-refractivity contribution in [1.82, 2.24) is 15.2 Å². The van der Waals surface area contributed by atoms with Crippen LogP contribution < -0.4 is 15.6 Å². The third-order valence-corrected chi connectivity index (χ3v) is 7.65. The van der Waals surface area contributed by atoms with E-state index in [0.717, 1.165) is 30.0 Å². The lowest BCUT2D eigenvalue weighted by atomic mass is 10.1. The van der Waals surface area contributed by atoms with E-state index in [0.29, 0.717) is 18.8 Å². The number of piperidine rings is 1. The highest BCUT2D eigenvalue weighted by Crippen LogP contribution is 2.22. The Morgan fingerprint density at radius 2 is 1.62 bits per heavy atom. The highest BCUT2D eigenvalue weighted by molar-refractivity contribution is 7.89. The first kappa shape index (κ1) is 23.7. The van der Waals surface area contributed by atoms with Crippen molar-refractivity contribution < 1.29 is 22.7 Å². The minimum absolute atomic E-state index is 0.0568. The average molecular weight is 482 g/mol. The predicted molar refractivity (Wildman–Crippen MR) is 129 cm³/mol. The smallest absolute Gasteiger partial charge is 0.279 e. The summed E-state index contributed by atoms with van der Waals surface area (Å²) in [4.78, 5) is 25.0. The van der Waals surface area contributed by atoms with E-state index < -0.39 is 27.9 Å². The minimum atomic E-state index is -3.67. The number of carbonyl (C=O) groups is 2. The van der Waals surface area contributed by atoms with Gasteiger partial charge in [-0.25, -0.2) is 8.42 Å². The number of amides is 2. The van der Waals surface area contributed by atoms with Crippen LogP contribution in [0.5, 0.6) is 5.75 Å². The highest BCUT2D eigenvalue weighted by Gasteiger charge is 2.26. The van der Waals surface area contributed by atoms with Crippen molar-refractivity contribution in [1.29, 1.82) is 0 Å². The summed E-state index contributed by atoms with van der Waals surface area (Å²) >= 11 is 0. The standard InChI is InChI=1S/C25H27N3O5S/c1-18(33-22-13-12-19-8-3-4-9-20(19)16-22)24(29)26-27-25(30)21-10-7-11-23(17-21)34(31,32)28-14-5-2-6-15-28/h3-4,7-13,16-18H,2,5-6,14-15H2,1H3,(H,26,29)(H,27,30). The monoisotopic (exact) mass is 481 g/mol. The molecule has 0 saturated carbocycles. The number of carbonyl (C=O) groups excluding carboxylic acids is 2. The van der Waals surface area contributed by atoms with Crippen LogP contribution in [0.1, 0.15) is 36.5 Å². The third kappa shape index (κ3) is 5.37. The van der Waals surface area contributed by atoms with Crippen LogP contribution in [0.4, 0.5) is 0 Å². The topological polar surface area (TPSA) is 105 Å². The fourth-order valence-electron chi connectivity index (χ4n) is 3.84. The number of hydrogen-bond acceptors (Lipinski definition) is 5. The Hall–Kier alpha value is -3.43. The van der Waals surface area contributed by atoms with Crippen LogP contribution in [0.3, 0.4) is 0 Å². The van der Waals surface area contributed by atoms with Crippen LogP contribution in [0.25, 0.3) is 10.8 Å². The van der Waals surface area contributed by atoms with Crippen molar-refractivity contribution in [3.63, 3.8) is 0 Å². The molecule has 3 aromatic carbocycles. The lowest BCUT2D eigenvalue weighted by molar-refractivity contribution is -0.128. The molecule has 2 amide bonds. The van der Waals surface area contributed by atoms with Gasteiger partial charge in [0.15, 0.2) is 6.10 Å². The second-order valence-electron chi connectivity index (χ2n) is 8.20. The molecule has 34 heavy (non-hydrogen) atoms. The predicted octanol–water partition coefficient (Wildman–Crippen LogP) is 3.24. The number of hydrogen-bond donors (Lipinski definition) is 2. The molecule has 4 rings (SSSR count). The first-order valence-corrected chi connectivity index (χ1v) is 12.6. The summed E-state index contributed by atoms with van der Waals surface area (Å²) < 4.78 is 32.9. The molecule has 0 bridgehead atoms. The Kier molecular flexibility index (Phi) is 7.14. The molecule has 8 nitrogen and oxygen atoms in total. The average Bonchev–Trinajstić information content (AvgIpc) is 2.87. The molecule has 2 N–H and O–H groups in total. The van der Waals surface area contributed by atoms with Gasteiger partial charge in [0.25, 0.3) is 11.8 Å². The van der Waals surface area contributed by atoms with Gasteiger partial charge in [-0.2, -0.15) is 4.31 Å². The van der Waals surface area contributed by atoms with E-state index in [-0.39, 0.29) is 10.5 Å². The summed E-state index contributed by atoms with van der Waals surface area (Å²) in [5.74, 6) is -0.635. The van der Waals surface area contributed by atoms with Gasteiger partial charge in [-0.3, -0.25) is 20.4 Å². The Morgan fingerprint density at radius 1 is 0.882 bits per heavy atom. The molecule has 0 spiro atoms. The zero-order valence-corrected chi connectivity index (χ0v) is 19.7. The van der Waals surface area contributed by atoms with Gasteiger partial charge in [-0.05, 0) is 60.9 Å². The van der Waals surface area contributed by atoms with Gasteiger partial charge in [0.2, 0.25) is 10.0 Å². The summed E-state index contributed by atoms with van der Waals surface area (Å²) in [5.41, 5.74) is 4.79. The molecule has 1 heterocycles. The van der Waals surface area contributed by atoms with Crippen molar-refractivity contribution in [2.75, 3.05) is 13.1 Å². The second-order valence-corrected chi connectivity index (χ2v) is 10.1. The number of rotatable bonds is 6. The summed E-state index contributed by atoms with van der Waals surface area (Å²) in [6.07, 6.45) is 1.79. The summed E-state index contributed by atoms with van der Waals surface area (Å²) in [5, 5.41) is 2.05. The number of ether oxygens (including phenoxy) is 1. The number of nitrogens with zero attached hydrogens (tertiary/aromatic N) is 1. The quantitative estimate of drug-likeness (QED) is 0.526. The Bertz CT molecular complexity index is 1300. The molecule has 1 atom stereocenters. The fraction of sp³-hybridized carbons (Fsp3) is 0.280. The molecular formula is C25H27N3O5S. The van der Waals surface area contributed by atoms with Crippen LogP contribution in [-0.2, 0) is 14.8 Å². The minimum Gasteiger partial charge on any atom is -0.481 e. The van der Waals surface area contributed by atoms with Gasteiger partial charge in [0, 0.05) is 18.7 Å². The largest absolute Gasteiger partial charge is 0.481 e. The van der Waals surface area contributed by atoms with Crippen molar-refractivity contribution in [3.05, 3.63) is 72.3 Å². The number of hydrazine groups is 1. The number of nitrogens with one attached hydrogen (secondary N) is 2. The molecular weight excluding hydrogens is 454 g/mol. The maximum absolute atomic E-state index is 12.9. The zero-order chi connectivity index (χ0) is 24.1. The first-order chi connectivity index (χ1) is 16.3. The van der Waals surface area contributed by atoms with Gasteiger partial charge in [-0.1, -0.05) is 42.8 Å². The van der Waals surface area contributed by atoms with Crippen LogP contribution in [-0.4, -0.2) is 43.7 Å². The molecule has 1 fully saturated rings. The van der Waals surface area contributed by atoms with E-state index in [1.54, 1.807) is 13.0 Å². The van der Waals surface area contributed by atoms with Crippen LogP contribution in [0.2, 0.25) is 0 Å². The van der Waals surface area contributed by atoms with Gasteiger partial charge in [0.05, 0.1) is 4.90 Å². The molecule has 9 heteroatoms. The van der Waals surface area contributed by atoms with Crippen molar-refractivity contribution in [2.24, 2.45) is 0 Å². The zero-order valence-electron chi connectivity index (χ0n) is 18.9. The summed E-state index contributed by atoms with van der Waals surface area (Å²) in [6, 6.07) is 19.1. The molecule has 0 aliphatic carbocycles. The number of sulfonamides is 1. The lowest BCUT2D eigenvalue weighted by Gasteiger charge is -2.26. The van der Waals surface area contributed by atoms with Gasteiger partial charge in [-0.15, -0.1) is 0 Å². The highest BCUT2D eigenvalue weighted by atomic mass is 32.2. The van der Waals surface area contributed by atoms with Gasteiger partial charge < -0.3 is 4.74 Å². The van der Waals surface area contributed by atoms with E-state index in [1.807, 2.05) is 36.4 Å². The SMILES string of the molecule is CC(Oc1ccc2ccccc2c1)C(=O)NNC(=O)c1cccc(S(=O)(=O)N2CCCCC2)c1. The molecule has 0 radical (unpaired) electrons.